The van der Waals surface area contributed by atoms with Crippen LogP contribution >= 0.6 is 0 Å². The summed E-state index contributed by atoms with van der Waals surface area (Å²) in [6.45, 7) is -0.538. The average molecular weight is 330 g/mol. The molecule has 0 amide bonds. The monoisotopic (exact) mass is 330 g/mol. The van der Waals surface area contributed by atoms with Gasteiger partial charge in [0.2, 0.25) is 5.88 Å². The van der Waals surface area contributed by atoms with Crippen molar-refractivity contribution in [3.63, 3.8) is 0 Å². The van der Waals surface area contributed by atoms with Crippen molar-refractivity contribution in [2.24, 2.45) is 0 Å². The van der Waals surface area contributed by atoms with Gasteiger partial charge in [-0.15, -0.1) is 5.10 Å². The van der Waals surface area contributed by atoms with Crippen LogP contribution in [0.25, 0.3) is 16.9 Å². The predicted molar refractivity (Wildman–Crippen MR) is 82.0 cm³/mol. The molecule has 5 nitrogen and oxygen atoms in total. The molecule has 0 spiro atoms. The smallest absolute Gasteiger partial charge is 0.341 e. The number of hydrogen-bond acceptors (Lipinski definition) is 3. The Labute approximate surface area is 135 Å². The number of halogens is 2. The van der Waals surface area contributed by atoms with Crippen LogP contribution in [-0.4, -0.2) is 27.5 Å². The van der Waals surface area contributed by atoms with Gasteiger partial charge in [-0.3, -0.25) is 0 Å². The van der Waals surface area contributed by atoms with Crippen molar-refractivity contribution < 1.29 is 23.4 Å². The minimum atomic E-state index is -1.13. The number of nitrogens with zero attached hydrogens (tertiary/aromatic N) is 2. The summed E-state index contributed by atoms with van der Waals surface area (Å²) in [6, 6.07) is 12.9. The SMILES string of the molecule is O=C(O)COc1cc(-c2ccc(F)cc2)n(-c2ccc(F)cc2)n1. The number of carbonyl (C=O) groups is 1. The van der Waals surface area contributed by atoms with Crippen molar-refractivity contribution in [2.45, 2.75) is 0 Å². The Morgan fingerprint density at radius 1 is 1.04 bits per heavy atom. The number of benzene rings is 2. The first kappa shape index (κ1) is 15.7. The van der Waals surface area contributed by atoms with Crippen LogP contribution in [0.1, 0.15) is 0 Å². The van der Waals surface area contributed by atoms with Gasteiger partial charge in [-0.05, 0) is 48.5 Å². The van der Waals surface area contributed by atoms with E-state index in [0.717, 1.165) is 0 Å². The molecule has 0 aliphatic heterocycles. The molecule has 1 heterocycles. The van der Waals surface area contributed by atoms with Gasteiger partial charge in [0.05, 0.1) is 11.4 Å². The number of rotatable bonds is 5. The van der Waals surface area contributed by atoms with E-state index in [1.54, 1.807) is 18.2 Å². The van der Waals surface area contributed by atoms with E-state index in [-0.39, 0.29) is 11.7 Å². The summed E-state index contributed by atoms with van der Waals surface area (Å²) in [7, 11) is 0. The molecule has 0 fully saturated rings. The van der Waals surface area contributed by atoms with Gasteiger partial charge in [0, 0.05) is 11.6 Å². The maximum Gasteiger partial charge on any atom is 0.341 e. The van der Waals surface area contributed by atoms with Crippen LogP contribution in [0.3, 0.4) is 0 Å². The van der Waals surface area contributed by atoms with Crippen molar-refractivity contribution >= 4 is 5.97 Å². The highest BCUT2D eigenvalue weighted by Gasteiger charge is 2.14. The molecule has 0 saturated heterocycles. The molecule has 0 saturated carbocycles. The van der Waals surface area contributed by atoms with Crippen LogP contribution in [0.2, 0.25) is 0 Å². The quantitative estimate of drug-likeness (QED) is 0.780. The fourth-order valence-corrected chi connectivity index (χ4v) is 2.17. The van der Waals surface area contributed by atoms with E-state index >= 15 is 0 Å². The molecular formula is C17H12F2N2O3. The maximum atomic E-state index is 13.1. The molecule has 2 aromatic carbocycles. The Balaban J connectivity index is 2.05. The van der Waals surface area contributed by atoms with Crippen molar-refractivity contribution in [3.05, 3.63) is 66.2 Å². The highest BCUT2D eigenvalue weighted by molar-refractivity contribution is 5.68. The Morgan fingerprint density at radius 2 is 1.62 bits per heavy atom. The van der Waals surface area contributed by atoms with Crippen LogP contribution in [0.15, 0.2) is 54.6 Å². The van der Waals surface area contributed by atoms with E-state index < -0.39 is 18.4 Å². The number of carboxylic acids is 1. The predicted octanol–water partition coefficient (Wildman–Crippen LogP) is 3.28. The minimum absolute atomic E-state index is 0.0982. The first-order valence-electron chi connectivity index (χ1n) is 6.99. The van der Waals surface area contributed by atoms with Gasteiger partial charge in [0.15, 0.2) is 6.61 Å². The second-order valence-corrected chi connectivity index (χ2v) is 4.95. The second-order valence-electron chi connectivity index (χ2n) is 4.95. The van der Waals surface area contributed by atoms with Gasteiger partial charge in [-0.2, -0.15) is 0 Å². The molecule has 0 bridgehead atoms. The summed E-state index contributed by atoms with van der Waals surface area (Å²) >= 11 is 0. The van der Waals surface area contributed by atoms with Crippen LogP contribution < -0.4 is 4.74 Å². The van der Waals surface area contributed by atoms with E-state index in [0.29, 0.717) is 16.9 Å². The molecule has 3 aromatic rings. The molecule has 0 radical (unpaired) electrons. The fraction of sp³-hybridized carbons (Fsp3) is 0.0588. The Hall–Kier alpha value is -3.22. The number of carboxylic acid groups (broad SMARTS) is 1. The lowest BCUT2D eigenvalue weighted by molar-refractivity contribution is -0.139. The summed E-state index contributed by atoms with van der Waals surface area (Å²) in [5.74, 6) is -1.80. The third-order valence-corrected chi connectivity index (χ3v) is 3.24. The zero-order valence-corrected chi connectivity index (χ0v) is 12.3. The lowest BCUT2D eigenvalue weighted by Gasteiger charge is -2.07. The topological polar surface area (TPSA) is 64.3 Å². The first-order chi connectivity index (χ1) is 11.5. The number of hydrogen-bond donors (Lipinski definition) is 1. The van der Waals surface area contributed by atoms with Gasteiger partial charge in [0.1, 0.15) is 11.6 Å². The van der Waals surface area contributed by atoms with Crippen LogP contribution in [-0.2, 0) is 4.79 Å². The van der Waals surface area contributed by atoms with E-state index in [4.69, 9.17) is 9.84 Å². The van der Waals surface area contributed by atoms with Crippen molar-refractivity contribution in [1.82, 2.24) is 9.78 Å². The van der Waals surface area contributed by atoms with Gasteiger partial charge in [0.25, 0.3) is 0 Å². The number of aromatic nitrogens is 2. The average Bonchev–Trinajstić information content (AvgIpc) is 2.98. The molecule has 0 unspecified atom stereocenters. The van der Waals surface area contributed by atoms with Crippen LogP contribution in [0.4, 0.5) is 8.78 Å². The molecule has 0 aliphatic rings. The molecule has 0 atom stereocenters. The van der Waals surface area contributed by atoms with Gasteiger partial charge in [-0.1, -0.05) is 0 Å². The minimum Gasteiger partial charge on any atom is -0.479 e. The third-order valence-electron chi connectivity index (χ3n) is 3.24. The zero-order chi connectivity index (χ0) is 17.1. The summed E-state index contributed by atoms with van der Waals surface area (Å²) in [4.78, 5) is 10.6. The zero-order valence-electron chi connectivity index (χ0n) is 12.3. The van der Waals surface area contributed by atoms with Crippen molar-refractivity contribution in [1.29, 1.82) is 0 Å². The maximum absolute atomic E-state index is 13.1. The largest absolute Gasteiger partial charge is 0.479 e. The third kappa shape index (κ3) is 3.40. The highest BCUT2D eigenvalue weighted by atomic mass is 19.1. The van der Waals surface area contributed by atoms with E-state index in [1.165, 1.54) is 41.1 Å². The molecule has 24 heavy (non-hydrogen) atoms. The lowest BCUT2D eigenvalue weighted by Crippen LogP contribution is -2.10. The summed E-state index contributed by atoms with van der Waals surface area (Å²) in [6.07, 6.45) is 0. The summed E-state index contributed by atoms with van der Waals surface area (Å²) in [5, 5.41) is 12.9. The van der Waals surface area contributed by atoms with Crippen LogP contribution in [0.5, 0.6) is 5.88 Å². The van der Waals surface area contributed by atoms with Crippen LogP contribution in [0, 0.1) is 11.6 Å². The van der Waals surface area contributed by atoms with E-state index in [1.807, 2.05) is 0 Å². The van der Waals surface area contributed by atoms with Gasteiger partial charge >= 0.3 is 5.97 Å². The van der Waals surface area contributed by atoms with Crippen molar-refractivity contribution in [3.8, 4) is 22.8 Å². The molecule has 7 heteroatoms. The highest BCUT2D eigenvalue weighted by Crippen LogP contribution is 2.27. The Morgan fingerprint density at radius 3 is 2.21 bits per heavy atom. The molecular weight excluding hydrogens is 318 g/mol. The van der Waals surface area contributed by atoms with Gasteiger partial charge in [-0.25, -0.2) is 18.3 Å². The second kappa shape index (κ2) is 6.49. The molecule has 1 aromatic heterocycles. The summed E-state index contributed by atoms with van der Waals surface area (Å²) < 4.78 is 32.8. The number of ether oxygens (including phenoxy) is 1. The molecule has 0 aliphatic carbocycles. The lowest BCUT2D eigenvalue weighted by atomic mass is 10.1. The standard InChI is InChI=1S/C17H12F2N2O3/c18-12-3-1-11(2-4-12)15-9-16(24-10-17(22)23)20-21(15)14-7-5-13(19)6-8-14/h1-9H,10H2,(H,22,23). The Bertz CT molecular complexity index is 796. The van der Waals surface area contributed by atoms with E-state index in [9.17, 15) is 13.6 Å². The van der Waals surface area contributed by atoms with E-state index in [2.05, 4.69) is 5.10 Å². The molecule has 3 rings (SSSR count). The molecule has 1 N–H and O–H groups in total. The normalized spacial score (nSPS) is 10.6. The van der Waals surface area contributed by atoms with Gasteiger partial charge < -0.3 is 9.84 Å². The fourth-order valence-electron chi connectivity index (χ4n) is 2.17. The number of aliphatic carboxylic acids is 1. The van der Waals surface area contributed by atoms with Crippen molar-refractivity contribution in [2.75, 3.05) is 6.61 Å². The Kier molecular flexibility index (Phi) is 4.24. The summed E-state index contributed by atoms with van der Waals surface area (Å²) in [5.41, 5.74) is 1.77. The first-order valence-corrected chi connectivity index (χ1v) is 6.99. The molecule has 122 valence electrons.